The first-order valence-corrected chi connectivity index (χ1v) is 9.67. The quantitative estimate of drug-likeness (QED) is 0.779. The molecule has 1 fully saturated rings. The predicted octanol–water partition coefficient (Wildman–Crippen LogP) is 4.08. The summed E-state index contributed by atoms with van der Waals surface area (Å²) in [5.41, 5.74) is 1.60. The number of hydrogen-bond donors (Lipinski definition) is 1. The molecule has 0 unspecified atom stereocenters. The van der Waals surface area contributed by atoms with Gasteiger partial charge in [0.1, 0.15) is 23.4 Å². The normalized spacial score (nSPS) is 17.3. The Kier molecular flexibility index (Phi) is 6.39. The van der Waals surface area contributed by atoms with Gasteiger partial charge in [-0.1, -0.05) is 12.1 Å². The summed E-state index contributed by atoms with van der Waals surface area (Å²) in [4.78, 5) is 13.2. The predicted molar refractivity (Wildman–Crippen MR) is 107 cm³/mol. The first kappa shape index (κ1) is 20.0. The van der Waals surface area contributed by atoms with Crippen LogP contribution in [0.4, 0.5) is 10.1 Å². The Balaban J connectivity index is 1.58. The number of nitrogens with one attached hydrogen (secondary N) is 1. The lowest BCUT2D eigenvalue weighted by Crippen LogP contribution is -2.25. The van der Waals surface area contributed by atoms with Gasteiger partial charge in [0.15, 0.2) is 0 Å². The Morgan fingerprint density at radius 3 is 2.61 bits per heavy atom. The highest BCUT2D eigenvalue weighted by molar-refractivity contribution is 5.73. The van der Waals surface area contributed by atoms with E-state index in [-0.39, 0.29) is 23.9 Å². The number of ether oxygens (including phenoxy) is 2. The molecule has 1 aliphatic rings. The van der Waals surface area contributed by atoms with E-state index in [1.54, 1.807) is 12.1 Å². The standard InChI is InChI=1S/C22H27FN2O3/c1-4-27-19-9-10-22(21(23)13-19)25-12-11-20(14-25)28-18-7-5-17(6-8-18)15(2)24-16(3)26/h5-10,13,15,20H,4,11-12,14H2,1-3H3,(H,24,26)/t15-,20+/m0/s1. The largest absolute Gasteiger partial charge is 0.494 e. The van der Waals surface area contributed by atoms with Crippen LogP contribution in [0.1, 0.15) is 38.8 Å². The number of carbonyl (C=O) groups is 1. The summed E-state index contributed by atoms with van der Waals surface area (Å²) in [5.74, 6) is 0.991. The summed E-state index contributed by atoms with van der Waals surface area (Å²) in [6, 6.07) is 12.7. The molecular weight excluding hydrogens is 359 g/mol. The van der Waals surface area contributed by atoms with Crippen molar-refractivity contribution < 1.29 is 18.7 Å². The molecule has 28 heavy (non-hydrogen) atoms. The molecule has 2 aromatic rings. The Morgan fingerprint density at radius 2 is 1.96 bits per heavy atom. The number of hydrogen-bond acceptors (Lipinski definition) is 4. The van der Waals surface area contributed by atoms with Gasteiger partial charge in [0.25, 0.3) is 0 Å². The highest BCUT2D eigenvalue weighted by Gasteiger charge is 2.26. The minimum absolute atomic E-state index is 0.00425. The SMILES string of the molecule is CCOc1ccc(N2CC[C@@H](Oc3ccc([C@H](C)NC(C)=O)cc3)C2)c(F)c1. The molecule has 0 spiro atoms. The smallest absolute Gasteiger partial charge is 0.217 e. The van der Waals surface area contributed by atoms with Gasteiger partial charge in [-0.25, -0.2) is 4.39 Å². The van der Waals surface area contributed by atoms with Crippen molar-refractivity contribution in [1.29, 1.82) is 0 Å². The molecule has 6 heteroatoms. The van der Waals surface area contributed by atoms with E-state index in [2.05, 4.69) is 5.32 Å². The molecular formula is C22H27FN2O3. The van der Waals surface area contributed by atoms with E-state index < -0.39 is 0 Å². The minimum Gasteiger partial charge on any atom is -0.494 e. The second-order valence-corrected chi connectivity index (χ2v) is 7.01. The zero-order chi connectivity index (χ0) is 20.1. The van der Waals surface area contributed by atoms with E-state index in [0.29, 0.717) is 24.6 Å². The molecule has 0 aliphatic carbocycles. The molecule has 0 bridgehead atoms. The third-order valence-corrected chi connectivity index (χ3v) is 4.82. The lowest BCUT2D eigenvalue weighted by Gasteiger charge is -2.20. The first-order valence-electron chi connectivity index (χ1n) is 9.67. The van der Waals surface area contributed by atoms with Crippen LogP contribution in [0.5, 0.6) is 11.5 Å². The number of anilines is 1. The fourth-order valence-electron chi connectivity index (χ4n) is 3.46. The maximum Gasteiger partial charge on any atom is 0.217 e. The molecule has 3 rings (SSSR count). The number of rotatable bonds is 7. The highest BCUT2D eigenvalue weighted by Crippen LogP contribution is 2.29. The number of amides is 1. The summed E-state index contributed by atoms with van der Waals surface area (Å²) >= 11 is 0. The van der Waals surface area contributed by atoms with Gasteiger partial charge in [-0.2, -0.15) is 0 Å². The lowest BCUT2D eigenvalue weighted by atomic mass is 10.1. The van der Waals surface area contributed by atoms with Crippen LogP contribution in [-0.4, -0.2) is 31.7 Å². The lowest BCUT2D eigenvalue weighted by molar-refractivity contribution is -0.119. The van der Waals surface area contributed by atoms with E-state index in [9.17, 15) is 9.18 Å². The fraction of sp³-hybridized carbons (Fsp3) is 0.409. The van der Waals surface area contributed by atoms with Crippen molar-refractivity contribution >= 4 is 11.6 Å². The van der Waals surface area contributed by atoms with Crippen LogP contribution >= 0.6 is 0 Å². The third kappa shape index (κ3) is 4.94. The van der Waals surface area contributed by atoms with E-state index in [1.807, 2.05) is 43.0 Å². The summed E-state index contributed by atoms with van der Waals surface area (Å²) in [5, 5.41) is 2.86. The Labute approximate surface area is 165 Å². The van der Waals surface area contributed by atoms with E-state index in [0.717, 1.165) is 24.3 Å². The maximum absolute atomic E-state index is 14.4. The molecule has 0 aromatic heterocycles. The van der Waals surface area contributed by atoms with Gasteiger partial charge >= 0.3 is 0 Å². The van der Waals surface area contributed by atoms with Gasteiger partial charge in [0.2, 0.25) is 5.91 Å². The molecule has 1 heterocycles. The zero-order valence-electron chi connectivity index (χ0n) is 16.6. The number of nitrogens with zero attached hydrogens (tertiary/aromatic N) is 1. The van der Waals surface area contributed by atoms with Crippen LogP contribution in [0.3, 0.4) is 0 Å². The Morgan fingerprint density at radius 1 is 1.25 bits per heavy atom. The molecule has 2 atom stereocenters. The van der Waals surface area contributed by atoms with Gasteiger partial charge in [-0.15, -0.1) is 0 Å². The zero-order valence-corrected chi connectivity index (χ0v) is 16.6. The van der Waals surface area contributed by atoms with Gasteiger partial charge < -0.3 is 19.7 Å². The molecule has 1 aliphatic heterocycles. The third-order valence-electron chi connectivity index (χ3n) is 4.82. The maximum atomic E-state index is 14.4. The van der Waals surface area contributed by atoms with Crippen LogP contribution < -0.4 is 19.7 Å². The van der Waals surface area contributed by atoms with Crippen molar-refractivity contribution in [2.75, 3.05) is 24.6 Å². The first-order chi connectivity index (χ1) is 13.5. The fourth-order valence-corrected chi connectivity index (χ4v) is 3.46. The summed E-state index contributed by atoms with van der Waals surface area (Å²) < 4.78 is 25.8. The average molecular weight is 386 g/mol. The van der Waals surface area contributed by atoms with Crippen molar-refractivity contribution in [3.05, 3.63) is 53.8 Å². The molecule has 1 N–H and O–H groups in total. The molecule has 5 nitrogen and oxygen atoms in total. The minimum atomic E-state index is -0.275. The number of benzene rings is 2. The summed E-state index contributed by atoms with van der Waals surface area (Å²) in [6.07, 6.45) is 0.834. The van der Waals surface area contributed by atoms with E-state index >= 15 is 0 Å². The van der Waals surface area contributed by atoms with Crippen molar-refractivity contribution in [1.82, 2.24) is 5.32 Å². The Hall–Kier alpha value is -2.76. The molecule has 2 aromatic carbocycles. The van der Waals surface area contributed by atoms with E-state index in [1.165, 1.54) is 13.0 Å². The van der Waals surface area contributed by atoms with Crippen LogP contribution in [0.15, 0.2) is 42.5 Å². The highest BCUT2D eigenvalue weighted by atomic mass is 19.1. The van der Waals surface area contributed by atoms with Crippen LogP contribution in [0.25, 0.3) is 0 Å². The average Bonchev–Trinajstić information content (AvgIpc) is 3.10. The van der Waals surface area contributed by atoms with Gasteiger partial charge in [0.05, 0.1) is 24.9 Å². The van der Waals surface area contributed by atoms with E-state index in [4.69, 9.17) is 9.47 Å². The number of carbonyl (C=O) groups excluding carboxylic acids is 1. The molecule has 1 amide bonds. The van der Waals surface area contributed by atoms with Crippen LogP contribution in [-0.2, 0) is 4.79 Å². The van der Waals surface area contributed by atoms with Gasteiger partial charge in [-0.3, -0.25) is 4.79 Å². The molecule has 0 radical (unpaired) electrons. The van der Waals surface area contributed by atoms with Crippen LogP contribution in [0.2, 0.25) is 0 Å². The van der Waals surface area contributed by atoms with Crippen molar-refractivity contribution in [2.24, 2.45) is 0 Å². The second kappa shape index (κ2) is 8.95. The monoisotopic (exact) mass is 386 g/mol. The second-order valence-electron chi connectivity index (χ2n) is 7.01. The van der Waals surface area contributed by atoms with Crippen molar-refractivity contribution in [3.8, 4) is 11.5 Å². The molecule has 150 valence electrons. The van der Waals surface area contributed by atoms with Crippen LogP contribution in [0, 0.1) is 5.82 Å². The topological polar surface area (TPSA) is 50.8 Å². The summed E-state index contributed by atoms with van der Waals surface area (Å²) in [6.45, 7) is 7.22. The molecule has 1 saturated heterocycles. The van der Waals surface area contributed by atoms with Crippen molar-refractivity contribution in [2.45, 2.75) is 39.3 Å². The Bertz CT molecular complexity index is 810. The molecule has 0 saturated carbocycles. The van der Waals surface area contributed by atoms with Gasteiger partial charge in [0, 0.05) is 26.0 Å². The number of halogens is 1. The summed E-state index contributed by atoms with van der Waals surface area (Å²) in [7, 11) is 0. The van der Waals surface area contributed by atoms with Gasteiger partial charge in [-0.05, 0) is 43.7 Å². The van der Waals surface area contributed by atoms with Crippen molar-refractivity contribution in [3.63, 3.8) is 0 Å².